The number of nitrogens with zero attached hydrogens (tertiary/aromatic N) is 2. The van der Waals surface area contributed by atoms with Crippen LogP contribution in [0.4, 0.5) is 0 Å². The Balaban J connectivity index is 1.43. The van der Waals surface area contributed by atoms with E-state index in [0.29, 0.717) is 48.4 Å². The van der Waals surface area contributed by atoms with Crippen molar-refractivity contribution in [3.05, 3.63) is 54.6 Å². The molecule has 10 heteroatoms. The molecule has 0 saturated carbocycles. The molecule has 2 aliphatic heterocycles. The Labute approximate surface area is 199 Å². The lowest BCUT2D eigenvalue weighted by atomic mass is 10.1. The van der Waals surface area contributed by atoms with E-state index in [4.69, 9.17) is 18.9 Å². The van der Waals surface area contributed by atoms with Gasteiger partial charge in [0, 0.05) is 44.2 Å². The van der Waals surface area contributed by atoms with Crippen molar-refractivity contribution < 1.29 is 32.2 Å². The Kier molecular flexibility index (Phi) is 7.28. The number of carbonyl (C=O) groups excluding carboxylic acids is 1. The minimum atomic E-state index is -3.73. The van der Waals surface area contributed by atoms with Gasteiger partial charge in [-0.05, 0) is 30.3 Å². The molecule has 0 spiro atoms. The van der Waals surface area contributed by atoms with Crippen molar-refractivity contribution in [2.75, 3.05) is 53.1 Å². The molecule has 2 aromatic carbocycles. The summed E-state index contributed by atoms with van der Waals surface area (Å²) in [5.74, 6) is 1.75. The van der Waals surface area contributed by atoms with Gasteiger partial charge >= 0.3 is 0 Å². The molecule has 2 heterocycles. The molecule has 2 aliphatic rings. The van der Waals surface area contributed by atoms with Gasteiger partial charge in [0.25, 0.3) is 5.91 Å². The third kappa shape index (κ3) is 4.97. The van der Waals surface area contributed by atoms with E-state index in [1.165, 1.54) is 23.5 Å². The maximum atomic E-state index is 13.2. The van der Waals surface area contributed by atoms with Crippen LogP contribution in [-0.2, 0) is 10.0 Å². The predicted molar refractivity (Wildman–Crippen MR) is 125 cm³/mol. The molecular formula is C24H28N2O7S. The summed E-state index contributed by atoms with van der Waals surface area (Å²) in [5, 5.41) is 0. The fourth-order valence-electron chi connectivity index (χ4n) is 3.84. The largest absolute Gasteiger partial charge is 0.493 e. The van der Waals surface area contributed by atoms with E-state index in [2.05, 4.69) is 6.58 Å². The number of sulfonamides is 1. The molecule has 4 rings (SSSR count). The van der Waals surface area contributed by atoms with Crippen LogP contribution in [0, 0.1) is 0 Å². The Morgan fingerprint density at radius 1 is 1.03 bits per heavy atom. The first-order valence-electron chi connectivity index (χ1n) is 11.0. The molecule has 1 amide bonds. The maximum Gasteiger partial charge on any atom is 0.254 e. The lowest BCUT2D eigenvalue weighted by molar-refractivity contribution is 0.0697. The number of piperazine rings is 1. The molecule has 0 aliphatic carbocycles. The normalized spacial score (nSPS) is 16.4. The number of ether oxygens (including phenoxy) is 4. The molecule has 2 aromatic rings. The van der Waals surface area contributed by atoms with Crippen molar-refractivity contribution in [1.29, 1.82) is 0 Å². The maximum absolute atomic E-state index is 13.2. The number of amides is 1. The molecule has 0 aromatic heterocycles. The van der Waals surface area contributed by atoms with Crippen LogP contribution in [0.1, 0.15) is 16.8 Å². The summed E-state index contributed by atoms with van der Waals surface area (Å²) < 4.78 is 49.9. The van der Waals surface area contributed by atoms with Crippen molar-refractivity contribution >= 4 is 15.9 Å². The fraction of sp³-hybridized carbons (Fsp3) is 0.375. The molecule has 1 fully saturated rings. The molecule has 0 unspecified atom stereocenters. The van der Waals surface area contributed by atoms with Gasteiger partial charge in [-0.3, -0.25) is 4.79 Å². The SMILES string of the molecule is C=CCOc1ccc(C(=O)N2CCN(S(=O)(=O)c3ccc4c(c3)OCCCO4)CC2)cc1OC. The van der Waals surface area contributed by atoms with E-state index in [1.54, 1.807) is 35.2 Å². The first kappa shape index (κ1) is 23.9. The monoisotopic (exact) mass is 488 g/mol. The molecule has 34 heavy (non-hydrogen) atoms. The molecule has 0 bridgehead atoms. The molecule has 182 valence electrons. The van der Waals surface area contributed by atoms with Crippen LogP contribution in [0.25, 0.3) is 0 Å². The Hall–Kier alpha value is -3.24. The van der Waals surface area contributed by atoms with Crippen LogP contribution in [0.5, 0.6) is 23.0 Å². The van der Waals surface area contributed by atoms with Crippen LogP contribution in [0.3, 0.4) is 0 Å². The highest BCUT2D eigenvalue weighted by Gasteiger charge is 2.31. The highest BCUT2D eigenvalue weighted by Crippen LogP contribution is 2.33. The number of methoxy groups -OCH3 is 1. The fourth-order valence-corrected chi connectivity index (χ4v) is 5.27. The number of hydrogen-bond donors (Lipinski definition) is 0. The van der Waals surface area contributed by atoms with Gasteiger partial charge in [-0.2, -0.15) is 4.31 Å². The number of fused-ring (bicyclic) bond motifs is 1. The van der Waals surface area contributed by atoms with Crippen molar-refractivity contribution in [3.8, 4) is 23.0 Å². The van der Waals surface area contributed by atoms with Gasteiger partial charge in [0.2, 0.25) is 10.0 Å². The average molecular weight is 489 g/mol. The zero-order valence-corrected chi connectivity index (χ0v) is 19.9. The summed E-state index contributed by atoms with van der Waals surface area (Å²) in [6.07, 6.45) is 2.36. The van der Waals surface area contributed by atoms with Crippen LogP contribution >= 0.6 is 0 Å². The van der Waals surface area contributed by atoms with E-state index in [9.17, 15) is 13.2 Å². The van der Waals surface area contributed by atoms with Crippen molar-refractivity contribution in [2.24, 2.45) is 0 Å². The van der Waals surface area contributed by atoms with Gasteiger partial charge in [0.1, 0.15) is 6.61 Å². The lowest BCUT2D eigenvalue weighted by Gasteiger charge is -2.34. The molecule has 9 nitrogen and oxygen atoms in total. The Morgan fingerprint density at radius 2 is 1.76 bits per heavy atom. The van der Waals surface area contributed by atoms with Crippen molar-refractivity contribution in [1.82, 2.24) is 9.21 Å². The van der Waals surface area contributed by atoms with Crippen molar-refractivity contribution in [2.45, 2.75) is 11.3 Å². The number of benzene rings is 2. The van der Waals surface area contributed by atoms with E-state index < -0.39 is 10.0 Å². The standard InChI is InChI=1S/C24H28N2O7S/c1-3-13-31-20-7-5-18(16-22(20)30-2)24(27)25-9-11-26(12-10-25)34(28,29)19-6-8-21-23(17-19)33-15-4-14-32-21/h3,5-8,16-17H,1,4,9-15H2,2H3. The lowest BCUT2D eigenvalue weighted by Crippen LogP contribution is -2.50. The Morgan fingerprint density at radius 3 is 2.47 bits per heavy atom. The smallest absolute Gasteiger partial charge is 0.254 e. The highest BCUT2D eigenvalue weighted by atomic mass is 32.2. The van der Waals surface area contributed by atoms with E-state index in [1.807, 2.05) is 0 Å². The summed E-state index contributed by atoms with van der Waals surface area (Å²) >= 11 is 0. The molecule has 0 N–H and O–H groups in total. The first-order chi connectivity index (χ1) is 16.4. The number of hydrogen-bond acceptors (Lipinski definition) is 7. The summed E-state index contributed by atoms with van der Waals surface area (Å²) in [4.78, 5) is 14.8. The van der Waals surface area contributed by atoms with E-state index in [-0.39, 0.29) is 37.0 Å². The number of carbonyl (C=O) groups is 1. The summed E-state index contributed by atoms with van der Waals surface area (Å²) in [5.41, 5.74) is 0.446. The quantitative estimate of drug-likeness (QED) is 0.553. The molecule has 0 atom stereocenters. The third-order valence-corrected chi connectivity index (χ3v) is 7.54. The Bertz CT molecular complexity index is 1160. The van der Waals surface area contributed by atoms with Gasteiger partial charge < -0.3 is 23.8 Å². The van der Waals surface area contributed by atoms with Crippen LogP contribution in [0.15, 0.2) is 53.9 Å². The van der Waals surface area contributed by atoms with Crippen LogP contribution in [0.2, 0.25) is 0 Å². The summed E-state index contributed by atoms with van der Waals surface area (Å²) in [7, 11) is -2.22. The van der Waals surface area contributed by atoms with Crippen molar-refractivity contribution in [3.63, 3.8) is 0 Å². The predicted octanol–water partition coefficient (Wildman–Crippen LogP) is 2.57. The minimum absolute atomic E-state index is 0.149. The molecular weight excluding hydrogens is 460 g/mol. The van der Waals surface area contributed by atoms with Gasteiger partial charge in [0.05, 0.1) is 25.2 Å². The third-order valence-electron chi connectivity index (χ3n) is 5.65. The first-order valence-corrected chi connectivity index (χ1v) is 12.5. The summed E-state index contributed by atoms with van der Waals surface area (Å²) in [6, 6.07) is 9.65. The second-order valence-electron chi connectivity index (χ2n) is 7.82. The zero-order valence-electron chi connectivity index (χ0n) is 19.1. The number of rotatable bonds is 7. The van der Waals surface area contributed by atoms with Gasteiger partial charge in [0.15, 0.2) is 23.0 Å². The molecule has 1 saturated heterocycles. The van der Waals surface area contributed by atoms with Gasteiger partial charge in [-0.15, -0.1) is 0 Å². The molecule has 0 radical (unpaired) electrons. The second-order valence-corrected chi connectivity index (χ2v) is 9.76. The van der Waals surface area contributed by atoms with E-state index >= 15 is 0 Å². The summed E-state index contributed by atoms with van der Waals surface area (Å²) in [6.45, 7) is 5.89. The van der Waals surface area contributed by atoms with Crippen LogP contribution in [-0.4, -0.2) is 76.6 Å². The topological polar surface area (TPSA) is 94.6 Å². The van der Waals surface area contributed by atoms with E-state index in [0.717, 1.165) is 6.42 Å². The zero-order chi connectivity index (χ0) is 24.1. The minimum Gasteiger partial charge on any atom is -0.493 e. The van der Waals surface area contributed by atoms with Gasteiger partial charge in [-0.25, -0.2) is 8.42 Å². The van der Waals surface area contributed by atoms with Crippen LogP contribution < -0.4 is 18.9 Å². The highest BCUT2D eigenvalue weighted by molar-refractivity contribution is 7.89. The second kappa shape index (κ2) is 10.4. The average Bonchev–Trinajstić information content (AvgIpc) is 3.12. The van der Waals surface area contributed by atoms with Gasteiger partial charge in [-0.1, -0.05) is 12.7 Å².